The monoisotopic (exact) mass is 322 g/mol. The summed E-state index contributed by atoms with van der Waals surface area (Å²) in [7, 11) is 0. The van der Waals surface area contributed by atoms with Gasteiger partial charge in [-0.1, -0.05) is 12.1 Å². The molecule has 2 aliphatic rings. The lowest BCUT2D eigenvalue weighted by Crippen LogP contribution is -2.35. The van der Waals surface area contributed by atoms with Gasteiger partial charge in [-0.05, 0) is 68.4 Å². The van der Waals surface area contributed by atoms with Gasteiger partial charge in [0.15, 0.2) is 0 Å². The molecule has 0 aliphatic heterocycles. The Hall–Kier alpha value is -2.36. The first-order chi connectivity index (χ1) is 11.7. The van der Waals surface area contributed by atoms with E-state index in [0.29, 0.717) is 23.8 Å². The molecule has 0 unspecified atom stereocenters. The molecular formula is C20H22N2O2. The molecule has 0 saturated heterocycles. The van der Waals surface area contributed by atoms with E-state index in [1.165, 1.54) is 12.8 Å². The molecule has 2 aromatic rings. The number of benzene rings is 1. The Labute approximate surface area is 142 Å². The van der Waals surface area contributed by atoms with E-state index in [9.17, 15) is 4.79 Å². The highest BCUT2D eigenvalue weighted by molar-refractivity contribution is 5.97. The molecule has 2 aliphatic carbocycles. The van der Waals surface area contributed by atoms with Crippen molar-refractivity contribution in [2.75, 3.05) is 6.61 Å². The lowest BCUT2D eigenvalue weighted by Gasteiger charge is -2.18. The number of hydrogen-bond donors (Lipinski definition) is 1. The van der Waals surface area contributed by atoms with Crippen molar-refractivity contribution < 1.29 is 9.53 Å². The van der Waals surface area contributed by atoms with E-state index in [0.717, 1.165) is 24.1 Å². The largest absolute Gasteiger partial charge is 0.492 e. The molecular weight excluding hydrogens is 300 g/mol. The third kappa shape index (κ3) is 3.14. The number of nitrogens with zero attached hydrogens (tertiary/aromatic N) is 1. The molecule has 1 N–H and O–H groups in total. The maximum absolute atomic E-state index is 12.8. The molecule has 0 bridgehead atoms. The zero-order valence-electron chi connectivity index (χ0n) is 13.9. The smallest absolute Gasteiger partial charge is 0.255 e. The van der Waals surface area contributed by atoms with Gasteiger partial charge in [-0.25, -0.2) is 0 Å². The predicted molar refractivity (Wildman–Crippen MR) is 92.0 cm³/mol. The maximum Gasteiger partial charge on any atom is 0.255 e. The number of ether oxygens (including phenoxy) is 1. The zero-order chi connectivity index (χ0) is 16.6. The number of hydrogen-bond acceptors (Lipinski definition) is 3. The molecule has 1 heterocycles. The first-order valence-electron chi connectivity index (χ1n) is 8.64. The van der Waals surface area contributed by atoms with Crippen LogP contribution in [0, 0.1) is 12.8 Å². The first kappa shape index (κ1) is 15.2. The summed E-state index contributed by atoms with van der Waals surface area (Å²) in [6.45, 7) is 2.72. The van der Waals surface area contributed by atoms with E-state index >= 15 is 0 Å². The van der Waals surface area contributed by atoms with Gasteiger partial charge in [-0.2, -0.15) is 0 Å². The number of pyridine rings is 1. The third-order valence-electron chi connectivity index (χ3n) is 4.81. The lowest BCUT2D eigenvalue weighted by atomic mass is 10.1. The van der Waals surface area contributed by atoms with Crippen LogP contribution in [0.5, 0.6) is 5.75 Å². The van der Waals surface area contributed by atoms with Gasteiger partial charge in [0.05, 0.1) is 23.4 Å². The highest BCUT2D eigenvalue weighted by Crippen LogP contribution is 2.44. The van der Waals surface area contributed by atoms with Crippen molar-refractivity contribution in [1.82, 2.24) is 10.3 Å². The molecule has 0 radical (unpaired) electrons. The standard InChI is InChI=1S/C20H22N2O2/c1-14-5-8-16(17(12-14)24-13-15-6-7-15)19(23)22-20(9-10-20)18-4-2-3-11-21-18/h2-5,8,11-12,15H,6-7,9-10,13H2,1H3,(H,22,23). The molecule has 0 spiro atoms. The van der Waals surface area contributed by atoms with Crippen LogP contribution in [-0.2, 0) is 5.54 Å². The minimum Gasteiger partial charge on any atom is -0.492 e. The molecule has 2 saturated carbocycles. The van der Waals surface area contributed by atoms with E-state index < -0.39 is 0 Å². The Kier molecular flexibility index (Phi) is 3.75. The van der Waals surface area contributed by atoms with Crippen LogP contribution >= 0.6 is 0 Å². The summed E-state index contributed by atoms with van der Waals surface area (Å²) >= 11 is 0. The van der Waals surface area contributed by atoms with E-state index in [2.05, 4.69) is 10.3 Å². The predicted octanol–water partition coefficient (Wildman–Crippen LogP) is 3.60. The fraction of sp³-hybridized carbons (Fsp3) is 0.400. The Morgan fingerprint density at radius 1 is 1.29 bits per heavy atom. The second-order valence-electron chi connectivity index (χ2n) is 7.01. The average molecular weight is 322 g/mol. The maximum atomic E-state index is 12.8. The highest BCUT2D eigenvalue weighted by atomic mass is 16.5. The van der Waals surface area contributed by atoms with Crippen LogP contribution in [0.4, 0.5) is 0 Å². The third-order valence-corrected chi connectivity index (χ3v) is 4.81. The van der Waals surface area contributed by atoms with E-state index in [-0.39, 0.29) is 11.4 Å². The SMILES string of the molecule is Cc1ccc(C(=O)NC2(c3ccccn3)CC2)c(OCC2CC2)c1. The fourth-order valence-corrected chi connectivity index (χ4v) is 2.93. The van der Waals surface area contributed by atoms with Gasteiger partial charge >= 0.3 is 0 Å². The van der Waals surface area contributed by atoms with E-state index in [1.54, 1.807) is 6.20 Å². The Bertz CT molecular complexity index is 749. The first-order valence-corrected chi connectivity index (χ1v) is 8.64. The van der Waals surface area contributed by atoms with Gasteiger partial charge in [0, 0.05) is 6.20 Å². The van der Waals surface area contributed by atoms with Crippen molar-refractivity contribution in [3.05, 3.63) is 59.4 Å². The highest BCUT2D eigenvalue weighted by Gasteiger charge is 2.47. The second-order valence-corrected chi connectivity index (χ2v) is 7.01. The number of amides is 1. The van der Waals surface area contributed by atoms with Crippen molar-refractivity contribution in [3.8, 4) is 5.75 Å². The second kappa shape index (κ2) is 5.93. The van der Waals surface area contributed by atoms with Crippen molar-refractivity contribution in [1.29, 1.82) is 0 Å². The van der Waals surface area contributed by atoms with Gasteiger partial charge < -0.3 is 10.1 Å². The minimum atomic E-state index is -0.309. The molecule has 4 nitrogen and oxygen atoms in total. The van der Waals surface area contributed by atoms with E-state index in [1.807, 2.05) is 43.3 Å². The summed E-state index contributed by atoms with van der Waals surface area (Å²) < 4.78 is 5.93. The van der Waals surface area contributed by atoms with Crippen LogP contribution in [0.25, 0.3) is 0 Å². The molecule has 4 heteroatoms. The van der Waals surface area contributed by atoms with Crippen LogP contribution in [0.15, 0.2) is 42.6 Å². The van der Waals surface area contributed by atoms with Crippen LogP contribution in [0.3, 0.4) is 0 Å². The summed E-state index contributed by atoms with van der Waals surface area (Å²) in [5, 5.41) is 3.18. The minimum absolute atomic E-state index is 0.0797. The zero-order valence-corrected chi connectivity index (χ0v) is 13.9. The van der Waals surface area contributed by atoms with Crippen LogP contribution in [0.1, 0.15) is 47.3 Å². The Morgan fingerprint density at radius 2 is 2.12 bits per heavy atom. The Balaban J connectivity index is 1.53. The van der Waals surface area contributed by atoms with Crippen LogP contribution in [-0.4, -0.2) is 17.5 Å². The molecule has 24 heavy (non-hydrogen) atoms. The summed E-state index contributed by atoms with van der Waals surface area (Å²) in [5.74, 6) is 1.27. The van der Waals surface area contributed by atoms with Crippen molar-refractivity contribution in [2.45, 2.75) is 38.1 Å². The molecule has 1 aromatic heterocycles. The summed E-state index contributed by atoms with van der Waals surface area (Å²) in [5.41, 5.74) is 2.34. The Morgan fingerprint density at radius 3 is 2.79 bits per heavy atom. The van der Waals surface area contributed by atoms with E-state index in [4.69, 9.17) is 4.74 Å². The van der Waals surface area contributed by atoms with Gasteiger partial charge in [0.25, 0.3) is 5.91 Å². The molecule has 1 aromatic carbocycles. The fourth-order valence-electron chi connectivity index (χ4n) is 2.93. The quantitative estimate of drug-likeness (QED) is 0.884. The molecule has 1 amide bonds. The summed E-state index contributed by atoms with van der Waals surface area (Å²) in [4.78, 5) is 17.3. The van der Waals surface area contributed by atoms with Crippen LogP contribution in [0.2, 0.25) is 0 Å². The normalized spacial score (nSPS) is 18.0. The molecule has 0 atom stereocenters. The lowest BCUT2D eigenvalue weighted by molar-refractivity contribution is 0.0925. The average Bonchev–Trinajstić information content (AvgIpc) is 3.50. The van der Waals surface area contributed by atoms with Crippen molar-refractivity contribution >= 4 is 5.91 Å². The number of aryl methyl sites for hydroxylation is 1. The van der Waals surface area contributed by atoms with Gasteiger partial charge in [0.2, 0.25) is 0 Å². The number of rotatable bonds is 6. The van der Waals surface area contributed by atoms with Crippen molar-refractivity contribution in [2.24, 2.45) is 5.92 Å². The number of carbonyl (C=O) groups is 1. The van der Waals surface area contributed by atoms with Crippen molar-refractivity contribution in [3.63, 3.8) is 0 Å². The molecule has 4 rings (SSSR count). The summed E-state index contributed by atoms with van der Waals surface area (Å²) in [6.07, 6.45) is 6.10. The van der Waals surface area contributed by atoms with Gasteiger partial charge in [-0.3, -0.25) is 9.78 Å². The van der Waals surface area contributed by atoms with Gasteiger partial charge in [0.1, 0.15) is 5.75 Å². The van der Waals surface area contributed by atoms with Crippen LogP contribution < -0.4 is 10.1 Å². The number of nitrogens with one attached hydrogen (secondary N) is 1. The topological polar surface area (TPSA) is 51.2 Å². The summed E-state index contributed by atoms with van der Waals surface area (Å²) in [6, 6.07) is 11.6. The number of aromatic nitrogens is 1. The van der Waals surface area contributed by atoms with Gasteiger partial charge in [-0.15, -0.1) is 0 Å². The molecule has 124 valence electrons. The number of carbonyl (C=O) groups excluding carboxylic acids is 1. The molecule has 2 fully saturated rings.